The highest BCUT2D eigenvalue weighted by Gasteiger charge is 2.33. The Balaban J connectivity index is 1.46. The normalized spacial score (nSPS) is 17.3. The molecule has 2 heterocycles. The molecule has 0 bridgehead atoms. The summed E-state index contributed by atoms with van der Waals surface area (Å²) in [5, 5.41) is 11.5. The van der Waals surface area contributed by atoms with Crippen molar-refractivity contribution in [3.8, 4) is 0 Å². The fourth-order valence-corrected chi connectivity index (χ4v) is 6.17. The SMILES string of the molecule is CC(C)c1ccc(S(=O)(=O)N2CCC[C@@H](c3nnc(C(=O)Nc4cccc(F)c4)s3)C2)cc1. The number of amides is 1. The summed E-state index contributed by atoms with van der Waals surface area (Å²) in [6.07, 6.45) is 1.46. The van der Waals surface area contributed by atoms with Crippen LogP contribution in [0.5, 0.6) is 0 Å². The molecule has 0 unspecified atom stereocenters. The maximum absolute atomic E-state index is 13.3. The first-order valence-corrected chi connectivity index (χ1v) is 13.0. The monoisotopic (exact) mass is 488 g/mol. The van der Waals surface area contributed by atoms with E-state index < -0.39 is 21.7 Å². The van der Waals surface area contributed by atoms with Gasteiger partial charge in [-0.1, -0.05) is 43.4 Å². The van der Waals surface area contributed by atoms with Gasteiger partial charge in [0.2, 0.25) is 15.0 Å². The molecule has 10 heteroatoms. The number of rotatable bonds is 6. The number of hydrogen-bond donors (Lipinski definition) is 1. The van der Waals surface area contributed by atoms with Crippen LogP contribution in [0.3, 0.4) is 0 Å². The van der Waals surface area contributed by atoms with Crippen molar-refractivity contribution in [2.24, 2.45) is 0 Å². The summed E-state index contributed by atoms with van der Waals surface area (Å²) in [6, 6.07) is 12.6. The number of carbonyl (C=O) groups is 1. The number of nitrogens with one attached hydrogen (secondary N) is 1. The predicted molar refractivity (Wildman–Crippen MR) is 126 cm³/mol. The molecular weight excluding hydrogens is 463 g/mol. The van der Waals surface area contributed by atoms with Crippen LogP contribution in [0, 0.1) is 5.82 Å². The number of sulfonamides is 1. The Morgan fingerprint density at radius 3 is 2.64 bits per heavy atom. The molecule has 33 heavy (non-hydrogen) atoms. The van der Waals surface area contributed by atoms with Gasteiger partial charge in [-0.3, -0.25) is 4.79 Å². The molecule has 1 N–H and O–H groups in total. The van der Waals surface area contributed by atoms with E-state index in [9.17, 15) is 17.6 Å². The standard InChI is InChI=1S/C23H25FN4O3S2/c1-15(2)16-8-10-20(11-9-16)33(30,31)28-12-4-5-17(14-28)22-26-27-23(32-22)21(29)25-19-7-3-6-18(24)13-19/h3,6-11,13,15,17H,4-5,12,14H2,1-2H3,(H,25,29)/t17-/m1/s1. The second kappa shape index (κ2) is 9.66. The van der Waals surface area contributed by atoms with Gasteiger partial charge in [0.05, 0.1) is 4.90 Å². The second-order valence-corrected chi connectivity index (χ2v) is 11.3. The molecule has 3 aromatic rings. The molecule has 0 radical (unpaired) electrons. The summed E-state index contributed by atoms with van der Waals surface area (Å²) >= 11 is 1.14. The molecule has 1 amide bonds. The molecule has 174 valence electrons. The van der Waals surface area contributed by atoms with Crippen molar-refractivity contribution < 1.29 is 17.6 Å². The summed E-state index contributed by atoms with van der Waals surface area (Å²) in [5.41, 5.74) is 1.42. The lowest BCUT2D eigenvalue weighted by Gasteiger charge is -2.30. The van der Waals surface area contributed by atoms with Crippen molar-refractivity contribution in [3.63, 3.8) is 0 Å². The van der Waals surface area contributed by atoms with Crippen LogP contribution in [0.1, 0.15) is 58.9 Å². The second-order valence-electron chi connectivity index (χ2n) is 8.34. The Hall–Kier alpha value is -2.69. The van der Waals surface area contributed by atoms with Crippen molar-refractivity contribution in [1.82, 2.24) is 14.5 Å². The Bertz CT molecular complexity index is 1240. The zero-order valence-electron chi connectivity index (χ0n) is 18.4. The van der Waals surface area contributed by atoms with Gasteiger partial charge in [0.25, 0.3) is 5.91 Å². The third-order valence-corrected chi connectivity index (χ3v) is 8.60. The van der Waals surface area contributed by atoms with E-state index in [-0.39, 0.29) is 22.4 Å². The van der Waals surface area contributed by atoms with Gasteiger partial charge in [0.1, 0.15) is 10.8 Å². The first kappa shape index (κ1) is 23.5. The van der Waals surface area contributed by atoms with E-state index in [0.29, 0.717) is 29.6 Å². The van der Waals surface area contributed by atoms with Crippen LogP contribution in [-0.4, -0.2) is 41.9 Å². The molecule has 4 rings (SSSR count). The molecule has 1 atom stereocenters. The van der Waals surface area contributed by atoms with Gasteiger partial charge in [-0.25, -0.2) is 12.8 Å². The van der Waals surface area contributed by atoms with Crippen LogP contribution < -0.4 is 5.32 Å². The van der Waals surface area contributed by atoms with E-state index in [1.807, 2.05) is 12.1 Å². The minimum absolute atomic E-state index is 0.142. The number of benzene rings is 2. The minimum atomic E-state index is -3.62. The molecule has 2 aromatic carbocycles. The maximum atomic E-state index is 13.3. The zero-order chi connectivity index (χ0) is 23.6. The molecule has 1 fully saturated rings. The maximum Gasteiger partial charge on any atom is 0.286 e. The lowest BCUT2D eigenvalue weighted by molar-refractivity contribution is 0.102. The fourth-order valence-electron chi connectivity index (χ4n) is 3.78. The number of hydrogen-bond acceptors (Lipinski definition) is 6. The molecule has 0 saturated carbocycles. The third kappa shape index (κ3) is 5.29. The van der Waals surface area contributed by atoms with E-state index in [2.05, 4.69) is 29.4 Å². The van der Waals surface area contributed by atoms with E-state index >= 15 is 0 Å². The average molecular weight is 489 g/mol. The molecular formula is C23H25FN4O3S2. The molecule has 1 aliphatic rings. The van der Waals surface area contributed by atoms with Gasteiger partial charge in [-0.05, 0) is 54.7 Å². The van der Waals surface area contributed by atoms with Gasteiger partial charge < -0.3 is 5.32 Å². The van der Waals surface area contributed by atoms with Crippen molar-refractivity contribution in [1.29, 1.82) is 0 Å². The quantitative estimate of drug-likeness (QED) is 0.547. The van der Waals surface area contributed by atoms with Crippen LogP contribution in [0.4, 0.5) is 10.1 Å². The van der Waals surface area contributed by atoms with Gasteiger partial charge in [0, 0.05) is 24.7 Å². The first-order chi connectivity index (χ1) is 15.7. The highest BCUT2D eigenvalue weighted by atomic mass is 32.2. The number of anilines is 1. The Labute approximate surface area is 196 Å². The average Bonchev–Trinajstić information content (AvgIpc) is 3.30. The molecule has 1 aromatic heterocycles. The number of halogens is 1. The molecule has 0 aliphatic carbocycles. The summed E-state index contributed by atoms with van der Waals surface area (Å²) in [7, 11) is -3.62. The largest absolute Gasteiger partial charge is 0.320 e. The lowest BCUT2D eigenvalue weighted by Crippen LogP contribution is -2.39. The number of carbonyl (C=O) groups excluding carboxylic acids is 1. The number of nitrogens with zero attached hydrogens (tertiary/aromatic N) is 3. The summed E-state index contributed by atoms with van der Waals surface area (Å²) in [5.74, 6) is -0.745. The van der Waals surface area contributed by atoms with Crippen LogP contribution in [0.2, 0.25) is 0 Å². The fraction of sp³-hybridized carbons (Fsp3) is 0.348. The van der Waals surface area contributed by atoms with Crippen molar-refractivity contribution in [2.75, 3.05) is 18.4 Å². The van der Waals surface area contributed by atoms with Crippen LogP contribution in [0.15, 0.2) is 53.4 Å². The summed E-state index contributed by atoms with van der Waals surface area (Å²) < 4.78 is 41.2. The number of aromatic nitrogens is 2. The van der Waals surface area contributed by atoms with Crippen molar-refractivity contribution >= 4 is 33.0 Å². The molecule has 7 nitrogen and oxygen atoms in total. The van der Waals surface area contributed by atoms with Crippen LogP contribution >= 0.6 is 11.3 Å². The lowest BCUT2D eigenvalue weighted by atomic mass is 10.0. The van der Waals surface area contributed by atoms with E-state index in [4.69, 9.17) is 0 Å². The van der Waals surface area contributed by atoms with Gasteiger partial charge in [0.15, 0.2) is 0 Å². The number of piperidine rings is 1. The Kier molecular flexibility index (Phi) is 6.87. The van der Waals surface area contributed by atoms with Gasteiger partial charge in [-0.15, -0.1) is 10.2 Å². The Morgan fingerprint density at radius 1 is 1.18 bits per heavy atom. The minimum Gasteiger partial charge on any atom is -0.320 e. The van der Waals surface area contributed by atoms with Crippen LogP contribution in [0.25, 0.3) is 0 Å². The van der Waals surface area contributed by atoms with Crippen molar-refractivity contribution in [3.05, 3.63) is 69.9 Å². The third-order valence-electron chi connectivity index (χ3n) is 5.64. The van der Waals surface area contributed by atoms with Gasteiger partial charge in [-0.2, -0.15) is 4.31 Å². The highest BCUT2D eigenvalue weighted by molar-refractivity contribution is 7.89. The summed E-state index contributed by atoms with van der Waals surface area (Å²) in [6.45, 7) is 4.85. The molecule has 1 saturated heterocycles. The highest BCUT2D eigenvalue weighted by Crippen LogP contribution is 2.32. The molecule has 0 spiro atoms. The predicted octanol–water partition coefficient (Wildman–Crippen LogP) is 4.62. The zero-order valence-corrected chi connectivity index (χ0v) is 20.0. The van der Waals surface area contributed by atoms with Crippen molar-refractivity contribution in [2.45, 2.75) is 43.4 Å². The van der Waals surface area contributed by atoms with E-state index in [0.717, 1.165) is 23.3 Å². The topological polar surface area (TPSA) is 92.3 Å². The smallest absolute Gasteiger partial charge is 0.286 e. The van der Waals surface area contributed by atoms with Crippen LogP contribution in [-0.2, 0) is 10.0 Å². The first-order valence-electron chi connectivity index (χ1n) is 10.7. The van der Waals surface area contributed by atoms with E-state index in [1.54, 1.807) is 18.2 Å². The Morgan fingerprint density at radius 2 is 1.94 bits per heavy atom. The van der Waals surface area contributed by atoms with E-state index in [1.165, 1.54) is 22.5 Å². The summed E-state index contributed by atoms with van der Waals surface area (Å²) in [4.78, 5) is 12.8. The van der Waals surface area contributed by atoms with Gasteiger partial charge >= 0.3 is 0 Å². The molecule has 1 aliphatic heterocycles.